The molecule has 0 spiro atoms. The zero-order chi connectivity index (χ0) is 13.1. The van der Waals surface area contributed by atoms with Crippen LogP contribution in [0.15, 0.2) is 16.9 Å². The van der Waals surface area contributed by atoms with Crippen LogP contribution in [-0.4, -0.2) is 14.8 Å². The molecule has 1 rings (SSSR count). The molecule has 0 radical (unpaired) electrons. The second-order valence-electron chi connectivity index (χ2n) is 4.89. The van der Waals surface area contributed by atoms with Gasteiger partial charge in [-0.25, -0.2) is 4.68 Å². The van der Waals surface area contributed by atoms with E-state index in [9.17, 15) is 4.79 Å². The van der Waals surface area contributed by atoms with Crippen LogP contribution in [0.2, 0.25) is 0 Å². The summed E-state index contributed by atoms with van der Waals surface area (Å²) in [5, 5.41) is 4.18. The first-order valence-corrected chi connectivity index (χ1v) is 6.08. The number of nitrogens with two attached hydrogens (primary N) is 1. The summed E-state index contributed by atoms with van der Waals surface area (Å²) in [5.41, 5.74) is 6.27. The third-order valence-electron chi connectivity index (χ3n) is 2.84. The van der Waals surface area contributed by atoms with Gasteiger partial charge in [0, 0.05) is 18.0 Å². The van der Waals surface area contributed by atoms with Crippen LogP contribution in [0.1, 0.15) is 32.4 Å². The van der Waals surface area contributed by atoms with E-state index in [0.29, 0.717) is 11.5 Å². The third-order valence-corrected chi connectivity index (χ3v) is 3.39. The molecule has 1 aromatic heterocycles. The topological polar surface area (TPSA) is 60.9 Å². The van der Waals surface area contributed by atoms with E-state index in [1.807, 2.05) is 20.8 Å². The summed E-state index contributed by atoms with van der Waals surface area (Å²) in [6.07, 6.45) is 1.69. The molecule has 0 saturated carbocycles. The van der Waals surface area contributed by atoms with Gasteiger partial charge in [0.25, 0.3) is 5.56 Å². The molecular formula is C12H19N3OS. The molecule has 0 fully saturated rings. The lowest BCUT2D eigenvalue weighted by Gasteiger charge is -2.22. The molecule has 0 amide bonds. The van der Waals surface area contributed by atoms with Crippen molar-refractivity contribution in [2.75, 3.05) is 0 Å². The number of aromatic nitrogens is 2. The average molecular weight is 253 g/mol. The van der Waals surface area contributed by atoms with Gasteiger partial charge in [-0.2, -0.15) is 5.10 Å². The average Bonchev–Trinajstić information content (AvgIpc) is 2.22. The summed E-state index contributed by atoms with van der Waals surface area (Å²) in [6.45, 7) is 6.50. The molecule has 0 bridgehead atoms. The van der Waals surface area contributed by atoms with Gasteiger partial charge in [0.2, 0.25) is 0 Å². The predicted molar refractivity (Wildman–Crippen MR) is 73.0 cm³/mol. The molecule has 0 aliphatic carbocycles. The third kappa shape index (κ3) is 3.93. The van der Waals surface area contributed by atoms with Crippen molar-refractivity contribution in [2.45, 2.75) is 40.2 Å². The highest BCUT2D eigenvalue weighted by atomic mass is 32.1. The van der Waals surface area contributed by atoms with Gasteiger partial charge in [0.1, 0.15) is 0 Å². The Morgan fingerprint density at radius 1 is 1.53 bits per heavy atom. The van der Waals surface area contributed by atoms with Crippen LogP contribution in [0, 0.1) is 12.3 Å². The Morgan fingerprint density at radius 2 is 2.18 bits per heavy atom. The van der Waals surface area contributed by atoms with Crippen molar-refractivity contribution < 1.29 is 0 Å². The van der Waals surface area contributed by atoms with Crippen LogP contribution in [0.5, 0.6) is 0 Å². The van der Waals surface area contributed by atoms with E-state index in [2.05, 4.69) is 5.10 Å². The van der Waals surface area contributed by atoms with E-state index in [0.717, 1.165) is 18.5 Å². The van der Waals surface area contributed by atoms with E-state index in [4.69, 9.17) is 18.0 Å². The molecule has 17 heavy (non-hydrogen) atoms. The first kappa shape index (κ1) is 13.8. The summed E-state index contributed by atoms with van der Waals surface area (Å²) in [4.78, 5) is 12.0. The van der Waals surface area contributed by atoms with Crippen molar-refractivity contribution >= 4 is 17.2 Å². The van der Waals surface area contributed by atoms with E-state index in [1.54, 1.807) is 12.1 Å². The molecule has 1 aromatic rings. The molecule has 1 heterocycles. The highest BCUT2D eigenvalue weighted by molar-refractivity contribution is 7.80. The summed E-state index contributed by atoms with van der Waals surface area (Å²) in [5.74, 6) is 0. The fraction of sp³-hybridized carbons (Fsp3) is 0.583. The molecule has 0 unspecified atom stereocenters. The fourth-order valence-corrected chi connectivity index (χ4v) is 1.61. The van der Waals surface area contributed by atoms with Crippen molar-refractivity contribution in [3.8, 4) is 0 Å². The molecule has 94 valence electrons. The van der Waals surface area contributed by atoms with Crippen molar-refractivity contribution in [3.05, 3.63) is 28.2 Å². The second-order valence-corrected chi connectivity index (χ2v) is 5.33. The quantitative estimate of drug-likeness (QED) is 0.810. The smallest absolute Gasteiger partial charge is 0.266 e. The first-order valence-electron chi connectivity index (χ1n) is 5.67. The molecule has 0 aliphatic heterocycles. The molecule has 4 nitrogen and oxygen atoms in total. The molecule has 0 atom stereocenters. The van der Waals surface area contributed by atoms with E-state index in [-0.39, 0.29) is 11.0 Å². The van der Waals surface area contributed by atoms with Crippen LogP contribution in [-0.2, 0) is 6.54 Å². The molecule has 0 aliphatic rings. The zero-order valence-corrected chi connectivity index (χ0v) is 11.4. The van der Waals surface area contributed by atoms with Gasteiger partial charge in [-0.15, -0.1) is 0 Å². The van der Waals surface area contributed by atoms with Crippen LogP contribution in [0.3, 0.4) is 0 Å². The Hall–Kier alpha value is -1.23. The number of aryl methyl sites for hydroxylation is 2. The normalized spacial score (nSPS) is 11.5. The lowest BCUT2D eigenvalue weighted by Crippen LogP contribution is -2.30. The van der Waals surface area contributed by atoms with Crippen molar-refractivity contribution in [3.63, 3.8) is 0 Å². The molecule has 0 saturated heterocycles. The van der Waals surface area contributed by atoms with Gasteiger partial charge >= 0.3 is 0 Å². The molecule has 0 aromatic carbocycles. The number of rotatable bonds is 5. The van der Waals surface area contributed by atoms with Crippen LogP contribution in [0.4, 0.5) is 0 Å². The maximum Gasteiger partial charge on any atom is 0.266 e. The molecule has 2 N–H and O–H groups in total. The summed E-state index contributed by atoms with van der Waals surface area (Å²) < 4.78 is 1.49. The van der Waals surface area contributed by atoms with Crippen molar-refractivity contribution in [1.82, 2.24) is 9.78 Å². The van der Waals surface area contributed by atoms with Gasteiger partial charge < -0.3 is 5.73 Å². The minimum Gasteiger partial charge on any atom is -0.393 e. The Morgan fingerprint density at radius 3 is 2.76 bits per heavy atom. The lowest BCUT2D eigenvalue weighted by molar-refractivity contribution is 0.418. The van der Waals surface area contributed by atoms with Gasteiger partial charge in [-0.3, -0.25) is 4.79 Å². The Balaban J connectivity index is 2.60. The highest BCUT2D eigenvalue weighted by Crippen LogP contribution is 2.22. The Labute approximate surface area is 107 Å². The van der Waals surface area contributed by atoms with Gasteiger partial charge in [0.05, 0.1) is 10.7 Å². The predicted octanol–water partition coefficient (Wildman–Crippen LogP) is 1.64. The minimum absolute atomic E-state index is 0.0660. The van der Waals surface area contributed by atoms with E-state index in [1.165, 1.54) is 4.68 Å². The molecular weight excluding hydrogens is 234 g/mol. The number of nitrogens with zero attached hydrogens (tertiary/aromatic N) is 2. The molecule has 5 heteroatoms. The number of hydrogen-bond acceptors (Lipinski definition) is 3. The fourth-order valence-electron chi connectivity index (χ4n) is 1.51. The summed E-state index contributed by atoms with van der Waals surface area (Å²) in [6, 6.07) is 3.26. The SMILES string of the molecule is Cc1ccc(=O)n(CCCC(C)(C)C(N)=S)n1. The zero-order valence-electron chi connectivity index (χ0n) is 10.6. The van der Waals surface area contributed by atoms with Crippen LogP contribution < -0.4 is 11.3 Å². The van der Waals surface area contributed by atoms with Crippen LogP contribution >= 0.6 is 12.2 Å². The highest BCUT2D eigenvalue weighted by Gasteiger charge is 2.20. The van der Waals surface area contributed by atoms with Gasteiger partial charge in [0.15, 0.2) is 0 Å². The van der Waals surface area contributed by atoms with E-state index < -0.39 is 0 Å². The number of thiocarbonyl (C=S) groups is 1. The maximum absolute atomic E-state index is 11.5. The Kier molecular flexibility index (Phi) is 4.40. The van der Waals surface area contributed by atoms with E-state index >= 15 is 0 Å². The first-order chi connectivity index (χ1) is 7.83. The summed E-state index contributed by atoms with van der Waals surface area (Å²) in [7, 11) is 0. The second kappa shape index (κ2) is 5.40. The maximum atomic E-state index is 11.5. The minimum atomic E-state index is -0.164. The van der Waals surface area contributed by atoms with Crippen molar-refractivity contribution in [1.29, 1.82) is 0 Å². The van der Waals surface area contributed by atoms with Gasteiger partial charge in [-0.05, 0) is 25.8 Å². The number of hydrogen-bond donors (Lipinski definition) is 1. The summed E-state index contributed by atoms with van der Waals surface area (Å²) >= 11 is 5.00. The Bertz CT molecular complexity index is 465. The van der Waals surface area contributed by atoms with Crippen LogP contribution in [0.25, 0.3) is 0 Å². The van der Waals surface area contributed by atoms with Crippen molar-refractivity contribution in [2.24, 2.45) is 11.1 Å². The van der Waals surface area contributed by atoms with Gasteiger partial charge in [-0.1, -0.05) is 26.1 Å². The largest absolute Gasteiger partial charge is 0.393 e. The standard InChI is InChI=1S/C12H19N3OS/c1-9-5-6-10(16)15(14-9)8-4-7-12(2,3)11(13)17/h5-6H,4,7-8H2,1-3H3,(H2,13,17). The lowest BCUT2D eigenvalue weighted by atomic mass is 9.88. The monoisotopic (exact) mass is 253 g/mol.